The number of piperazine rings is 1. The van der Waals surface area contributed by atoms with Crippen molar-refractivity contribution in [2.75, 3.05) is 26.2 Å². The van der Waals surface area contributed by atoms with Gasteiger partial charge in [-0.3, -0.25) is 9.59 Å². The molecule has 0 saturated carbocycles. The molecule has 1 aliphatic heterocycles. The van der Waals surface area contributed by atoms with Crippen LogP contribution in [0.25, 0.3) is 0 Å². The number of carbonyl (C=O) groups excluding carboxylic acids is 2. The first kappa shape index (κ1) is 12.7. The van der Waals surface area contributed by atoms with Crippen LogP contribution in [0, 0.1) is 13.8 Å². The summed E-state index contributed by atoms with van der Waals surface area (Å²) in [6.07, 6.45) is 1.61. The first-order valence-electron chi connectivity index (χ1n) is 6.10. The number of nitrogens with zero attached hydrogens (tertiary/aromatic N) is 2. The van der Waals surface area contributed by atoms with E-state index in [1.54, 1.807) is 29.9 Å². The van der Waals surface area contributed by atoms with Gasteiger partial charge in [-0.15, -0.1) is 0 Å². The van der Waals surface area contributed by atoms with E-state index in [2.05, 4.69) is 0 Å². The highest BCUT2D eigenvalue weighted by molar-refractivity contribution is 5.96. The summed E-state index contributed by atoms with van der Waals surface area (Å²) in [5.74, 6) is 0.728. The number of carbonyl (C=O) groups is 2. The zero-order valence-electron chi connectivity index (χ0n) is 11.0. The van der Waals surface area contributed by atoms with Crippen LogP contribution in [0.15, 0.2) is 10.7 Å². The minimum atomic E-state index is 0.00181. The van der Waals surface area contributed by atoms with E-state index >= 15 is 0 Å². The van der Waals surface area contributed by atoms with Crippen LogP contribution < -0.4 is 0 Å². The van der Waals surface area contributed by atoms with Crippen molar-refractivity contribution in [1.29, 1.82) is 0 Å². The van der Waals surface area contributed by atoms with E-state index < -0.39 is 0 Å². The Morgan fingerprint density at radius 1 is 1.11 bits per heavy atom. The molecule has 0 N–H and O–H groups in total. The van der Waals surface area contributed by atoms with Gasteiger partial charge in [0.15, 0.2) is 0 Å². The smallest absolute Gasteiger partial charge is 0.257 e. The number of amides is 2. The van der Waals surface area contributed by atoms with Gasteiger partial charge in [0.1, 0.15) is 5.76 Å². The molecule has 2 rings (SSSR count). The maximum Gasteiger partial charge on any atom is 0.257 e. The summed E-state index contributed by atoms with van der Waals surface area (Å²) in [7, 11) is 0. The number of hydrogen-bond acceptors (Lipinski definition) is 3. The Hall–Kier alpha value is -1.78. The summed E-state index contributed by atoms with van der Waals surface area (Å²) in [5.41, 5.74) is 1.53. The topological polar surface area (TPSA) is 53.8 Å². The zero-order valence-corrected chi connectivity index (χ0v) is 11.0. The lowest BCUT2D eigenvalue weighted by molar-refractivity contribution is -0.130. The van der Waals surface area contributed by atoms with Crippen LogP contribution in [-0.2, 0) is 4.79 Å². The molecule has 2 heterocycles. The highest BCUT2D eigenvalue weighted by Crippen LogP contribution is 2.18. The van der Waals surface area contributed by atoms with Crippen LogP contribution in [0.3, 0.4) is 0 Å². The van der Waals surface area contributed by atoms with Crippen molar-refractivity contribution < 1.29 is 14.0 Å². The van der Waals surface area contributed by atoms with E-state index in [0.29, 0.717) is 37.5 Å². The minimum absolute atomic E-state index is 0.00181. The first-order valence-corrected chi connectivity index (χ1v) is 6.10. The van der Waals surface area contributed by atoms with Crippen molar-refractivity contribution in [2.45, 2.75) is 20.8 Å². The maximum absolute atomic E-state index is 12.3. The Bertz CT molecular complexity index is 451. The summed E-state index contributed by atoms with van der Waals surface area (Å²) < 4.78 is 5.25. The molecule has 0 bridgehead atoms. The SMILES string of the molecule is CC(=O)N1CCN(C(=O)c2c(C)coc2C)CC1. The van der Waals surface area contributed by atoms with Crippen LogP contribution in [0.5, 0.6) is 0 Å². The van der Waals surface area contributed by atoms with Crippen LogP contribution >= 0.6 is 0 Å². The quantitative estimate of drug-likeness (QED) is 0.752. The van der Waals surface area contributed by atoms with Crippen molar-refractivity contribution in [2.24, 2.45) is 0 Å². The summed E-state index contributed by atoms with van der Waals surface area (Å²) in [6, 6.07) is 0. The highest BCUT2D eigenvalue weighted by atomic mass is 16.3. The van der Waals surface area contributed by atoms with E-state index in [0.717, 1.165) is 5.56 Å². The van der Waals surface area contributed by atoms with Gasteiger partial charge in [0.2, 0.25) is 5.91 Å². The van der Waals surface area contributed by atoms with E-state index in [1.165, 1.54) is 0 Å². The largest absolute Gasteiger partial charge is 0.469 e. The molecule has 0 radical (unpaired) electrons. The van der Waals surface area contributed by atoms with E-state index in [-0.39, 0.29) is 11.8 Å². The lowest BCUT2D eigenvalue weighted by atomic mass is 10.1. The standard InChI is InChI=1S/C13H18N2O3/c1-9-8-18-10(2)12(9)13(17)15-6-4-14(5-7-15)11(3)16/h8H,4-7H2,1-3H3. The molecule has 1 fully saturated rings. The molecule has 1 aromatic heterocycles. The molecule has 2 amide bonds. The van der Waals surface area contributed by atoms with Gasteiger partial charge in [0.05, 0.1) is 11.8 Å². The van der Waals surface area contributed by atoms with Gasteiger partial charge in [0.25, 0.3) is 5.91 Å². The normalized spacial score (nSPS) is 15.9. The fraction of sp³-hybridized carbons (Fsp3) is 0.538. The second-order valence-electron chi connectivity index (χ2n) is 4.65. The second-order valence-corrected chi connectivity index (χ2v) is 4.65. The Balaban J connectivity index is 2.06. The summed E-state index contributed by atoms with van der Waals surface area (Å²) in [4.78, 5) is 27.1. The third kappa shape index (κ3) is 2.25. The van der Waals surface area contributed by atoms with Crippen molar-refractivity contribution in [3.05, 3.63) is 23.2 Å². The molecule has 5 heteroatoms. The van der Waals surface area contributed by atoms with Gasteiger partial charge in [-0.05, 0) is 13.8 Å². The van der Waals surface area contributed by atoms with Gasteiger partial charge < -0.3 is 14.2 Å². The van der Waals surface area contributed by atoms with Crippen LogP contribution in [-0.4, -0.2) is 47.8 Å². The van der Waals surface area contributed by atoms with Crippen LogP contribution in [0.4, 0.5) is 0 Å². The maximum atomic E-state index is 12.3. The molecule has 0 unspecified atom stereocenters. The summed E-state index contributed by atoms with van der Waals surface area (Å²) in [5, 5.41) is 0. The van der Waals surface area contributed by atoms with Crippen LogP contribution in [0.2, 0.25) is 0 Å². The highest BCUT2D eigenvalue weighted by Gasteiger charge is 2.26. The Morgan fingerprint density at radius 3 is 2.11 bits per heavy atom. The van der Waals surface area contributed by atoms with E-state index in [4.69, 9.17) is 4.42 Å². The number of aryl methyl sites for hydroxylation is 2. The Kier molecular flexibility index (Phi) is 3.41. The molecule has 0 atom stereocenters. The molecule has 5 nitrogen and oxygen atoms in total. The number of rotatable bonds is 1. The Morgan fingerprint density at radius 2 is 1.67 bits per heavy atom. The van der Waals surface area contributed by atoms with Crippen LogP contribution in [0.1, 0.15) is 28.6 Å². The summed E-state index contributed by atoms with van der Waals surface area (Å²) >= 11 is 0. The Labute approximate surface area is 106 Å². The molecule has 1 saturated heterocycles. The second kappa shape index (κ2) is 4.84. The monoisotopic (exact) mass is 250 g/mol. The average molecular weight is 250 g/mol. The van der Waals surface area contributed by atoms with Gasteiger partial charge in [-0.2, -0.15) is 0 Å². The van der Waals surface area contributed by atoms with Crippen molar-refractivity contribution in [1.82, 2.24) is 9.80 Å². The molecule has 98 valence electrons. The predicted octanol–water partition coefficient (Wildman–Crippen LogP) is 1.20. The summed E-state index contributed by atoms with van der Waals surface area (Å²) in [6.45, 7) is 7.61. The van der Waals surface area contributed by atoms with E-state index in [1.807, 2.05) is 6.92 Å². The first-order chi connectivity index (χ1) is 8.50. The molecule has 0 aromatic carbocycles. The molecule has 1 aliphatic rings. The third-order valence-corrected chi connectivity index (χ3v) is 3.38. The molecular weight excluding hydrogens is 232 g/mol. The lowest BCUT2D eigenvalue weighted by Gasteiger charge is -2.34. The molecular formula is C13H18N2O3. The average Bonchev–Trinajstić information content (AvgIpc) is 2.68. The molecule has 0 spiro atoms. The van der Waals surface area contributed by atoms with Gasteiger partial charge in [-0.25, -0.2) is 0 Å². The molecule has 18 heavy (non-hydrogen) atoms. The fourth-order valence-corrected chi connectivity index (χ4v) is 2.27. The number of hydrogen-bond donors (Lipinski definition) is 0. The number of furan rings is 1. The molecule has 0 aliphatic carbocycles. The van der Waals surface area contributed by atoms with Gasteiger partial charge >= 0.3 is 0 Å². The molecule has 1 aromatic rings. The van der Waals surface area contributed by atoms with Crippen molar-refractivity contribution in [3.8, 4) is 0 Å². The van der Waals surface area contributed by atoms with Crippen molar-refractivity contribution >= 4 is 11.8 Å². The van der Waals surface area contributed by atoms with Crippen molar-refractivity contribution in [3.63, 3.8) is 0 Å². The zero-order chi connectivity index (χ0) is 13.3. The van der Waals surface area contributed by atoms with Gasteiger partial charge in [0, 0.05) is 38.7 Å². The third-order valence-electron chi connectivity index (χ3n) is 3.38. The predicted molar refractivity (Wildman–Crippen MR) is 66.3 cm³/mol. The van der Waals surface area contributed by atoms with E-state index in [9.17, 15) is 9.59 Å². The minimum Gasteiger partial charge on any atom is -0.469 e. The van der Waals surface area contributed by atoms with Gasteiger partial charge in [-0.1, -0.05) is 0 Å². The lowest BCUT2D eigenvalue weighted by Crippen LogP contribution is -2.50. The fourth-order valence-electron chi connectivity index (χ4n) is 2.27.